The first-order valence-corrected chi connectivity index (χ1v) is 9.11. The highest BCUT2D eigenvalue weighted by Crippen LogP contribution is 2.24. The predicted octanol–water partition coefficient (Wildman–Crippen LogP) is 4.66. The van der Waals surface area contributed by atoms with Crippen molar-refractivity contribution in [3.05, 3.63) is 59.4 Å². The summed E-state index contributed by atoms with van der Waals surface area (Å²) in [5, 5.41) is 4.43. The summed E-state index contributed by atoms with van der Waals surface area (Å²) in [7, 11) is 1.71. The van der Waals surface area contributed by atoms with Gasteiger partial charge in [0.2, 0.25) is 0 Å². The van der Waals surface area contributed by atoms with Crippen LogP contribution in [0.3, 0.4) is 0 Å². The van der Waals surface area contributed by atoms with Gasteiger partial charge in [-0.2, -0.15) is 5.10 Å². The molecule has 2 aromatic carbocycles. The van der Waals surface area contributed by atoms with Crippen LogP contribution in [0.15, 0.2) is 47.6 Å². The van der Waals surface area contributed by atoms with Crippen molar-refractivity contribution in [1.29, 1.82) is 0 Å². The topological polar surface area (TPSA) is 36.9 Å². The van der Waals surface area contributed by atoms with E-state index in [-0.39, 0.29) is 5.82 Å². The molecule has 2 aromatic rings. The molecular formula is C21H26FN3O. The van der Waals surface area contributed by atoms with E-state index in [9.17, 15) is 4.39 Å². The number of piperidine rings is 1. The van der Waals surface area contributed by atoms with E-state index < -0.39 is 0 Å². The van der Waals surface area contributed by atoms with Gasteiger partial charge in [0.15, 0.2) is 0 Å². The Labute approximate surface area is 154 Å². The minimum atomic E-state index is -0.256. The highest BCUT2D eigenvalue weighted by molar-refractivity contribution is 5.99. The van der Waals surface area contributed by atoms with Crippen LogP contribution in [-0.4, -0.2) is 30.8 Å². The van der Waals surface area contributed by atoms with Crippen LogP contribution < -0.4 is 10.2 Å². The number of methoxy groups -OCH3 is 1. The molecular weight excluding hydrogens is 329 g/mol. The molecule has 0 bridgehead atoms. The maximum Gasteiger partial charge on any atom is 0.123 e. The molecule has 1 aliphatic rings. The lowest BCUT2D eigenvalue weighted by Gasteiger charge is -2.27. The molecule has 0 aliphatic carbocycles. The van der Waals surface area contributed by atoms with E-state index in [1.165, 1.54) is 37.0 Å². The summed E-state index contributed by atoms with van der Waals surface area (Å²) in [6.07, 6.45) is 3.86. The number of ether oxygens (including phenoxy) is 1. The molecule has 3 rings (SSSR count). The van der Waals surface area contributed by atoms with Crippen molar-refractivity contribution in [2.24, 2.45) is 5.10 Å². The number of likely N-dealkylation sites (tertiary alicyclic amines) is 1. The van der Waals surface area contributed by atoms with Gasteiger partial charge in [0.1, 0.15) is 11.6 Å². The number of benzene rings is 2. The number of halogens is 1. The average molecular weight is 355 g/mol. The molecule has 0 amide bonds. The molecule has 0 unspecified atom stereocenters. The largest absolute Gasteiger partial charge is 0.496 e. The lowest BCUT2D eigenvalue weighted by Crippen LogP contribution is -2.29. The van der Waals surface area contributed by atoms with Crippen molar-refractivity contribution < 1.29 is 9.13 Å². The zero-order valence-electron chi connectivity index (χ0n) is 15.5. The molecule has 1 N–H and O–H groups in total. The highest BCUT2D eigenvalue weighted by atomic mass is 19.1. The van der Waals surface area contributed by atoms with Crippen LogP contribution in [-0.2, 0) is 6.54 Å². The second-order valence-electron chi connectivity index (χ2n) is 6.68. The SMILES string of the molecule is COc1ccc(/C(C)=N\Nc2ccc(F)cc2)cc1CN1CCCCC1. The Morgan fingerprint density at radius 1 is 1.12 bits per heavy atom. The van der Waals surface area contributed by atoms with Crippen LogP contribution in [0.4, 0.5) is 10.1 Å². The molecule has 1 saturated heterocycles. The van der Waals surface area contributed by atoms with Crippen LogP contribution in [0.1, 0.15) is 37.3 Å². The third kappa shape index (κ3) is 4.82. The van der Waals surface area contributed by atoms with Gasteiger partial charge in [0.05, 0.1) is 18.5 Å². The van der Waals surface area contributed by atoms with E-state index in [0.29, 0.717) is 0 Å². The molecule has 0 saturated carbocycles. The standard InChI is InChI=1S/C21H26FN3O/c1-16(23-24-20-9-7-19(22)8-10-20)17-6-11-21(26-2)18(14-17)15-25-12-4-3-5-13-25/h6-11,14,24H,3-5,12-13,15H2,1-2H3/b23-16-. The number of nitrogens with one attached hydrogen (secondary N) is 1. The maximum atomic E-state index is 13.0. The first kappa shape index (κ1) is 18.4. The fraction of sp³-hybridized carbons (Fsp3) is 0.381. The van der Waals surface area contributed by atoms with Crippen molar-refractivity contribution in [2.75, 3.05) is 25.6 Å². The lowest BCUT2D eigenvalue weighted by molar-refractivity contribution is 0.218. The Bertz CT molecular complexity index is 752. The van der Waals surface area contributed by atoms with Crippen molar-refractivity contribution in [1.82, 2.24) is 4.90 Å². The summed E-state index contributed by atoms with van der Waals surface area (Å²) >= 11 is 0. The molecule has 4 nitrogen and oxygen atoms in total. The molecule has 1 aliphatic heterocycles. The van der Waals surface area contributed by atoms with Gasteiger partial charge in [-0.1, -0.05) is 6.42 Å². The van der Waals surface area contributed by atoms with Gasteiger partial charge in [-0.15, -0.1) is 0 Å². The normalized spacial score (nSPS) is 15.7. The lowest BCUT2D eigenvalue weighted by atomic mass is 10.0. The van der Waals surface area contributed by atoms with Gasteiger partial charge in [-0.3, -0.25) is 10.3 Å². The second-order valence-corrected chi connectivity index (χ2v) is 6.68. The third-order valence-corrected chi connectivity index (χ3v) is 4.74. The third-order valence-electron chi connectivity index (χ3n) is 4.74. The van der Waals surface area contributed by atoms with Crippen molar-refractivity contribution in [3.8, 4) is 5.75 Å². The van der Waals surface area contributed by atoms with Crippen LogP contribution in [0.2, 0.25) is 0 Å². The van der Waals surface area contributed by atoms with Gasteiger partial charge in [-0.05, 0) is 80.9 Å². The van der Waals surface area contributed by atoms with Crippen LogP contribution in [0.25, 0.3) is 0 Å². The maximum absolute atomic E-state index is 13.0. The fourth-order valence-electron chi connectivity index (χ4n) is 3.22. The van der Waals surface area contributed by atoms with E-state index in [1.54, 1.807) is 19.2 Å². The van der Waals surface area contributed by atoms with E-state index in [4.69, 9.17) is 4.74 Å². The molecule has 5 heteroatoms. The molecule has 0 spiro atoms. The van der Waals surface area contributed by atoms with Gasteiger partial charge in [0.25, 0.3) is 0 Å². The summed E-state index contributed by atoms with van der Waals surface area (Å²) in [6.45, 7) is 5.15. The van der Waals surface area contributed by atoms with E-state index in [0.717, 1.165) is 42.3 Å². The average Bonchev–Trinajstić information content (AvgIpc) is 2.68. The van der Waals surface area contributed by atoms with Crippen LogP contribution in [0, 0.1) is 5.82 Å². The van der Waals surface area contributed by atoms with Crippen molar-refractivity contribution in [3.63, 3.8) is 0 Å². The Balaban J connectivity index is 1.74. The molecule has 0 radical (unpaired) electrons. The summed E-state index contributed by atoms with van der Waals surface area (Å²) in [5.74, 6) is 0.660. The minimum Gasteiger partial charge on any atom is -0.496 e. The quantitative estimate of drug-likeness (QED) is 0.605. The Morgan fingerprint density at radius 3 is 2.54 bits per heavy atom. The smallest absolute Gasteiger partial charge is 0.123 e. The van der Waals surface area contributed by atoms with Gasteiger partial charge in [-0.25, -0.2) is 4.39 Å². The Hall–Kier alpha value is -2.40. The number of hydrazone groups is 1. The zero-order valence-corrected chi connectivity index (χ0v) is 15.5. The molecule has 0 atom stereocenters. The summed E-state index contributed by atoms with van der Waals surface area (Å²) in [6, 6.07) is 12.3. The minimum absolute atomic E-state index is 0.256. The monoisotopic (exact) mass is 355 g/mol. The molecule has 1 heterocycles. The van der Waals surface area contributed by atoms with Crippen LogP contribution in [0.5, 0.6) is 5.75 Å². The molecule has 1 fully saturated rings. The van der Waals surface area contributed by atoms with E-state index >= 15 is 0 Å². The number of rotatable bonds is 6. The number of hydrogen-bond acceptors (Lipinski definition) is 4. The summed E-state index contributed by atoms with van der Waals surface area (Å²) in [4.78, 5) is 2.48. The number of hydrogen-bond donors (Lipinski definition) is 1. The number of nitrogens with zero attached hydrogens (tertiary/aromatic N) is 2. The zero-order chi connectivity index (χ0) is 18.4. The molecule has 138 valence electrons. The van der Waals surface area contributed by atoms with Crippen LogP contribution >= 0.6 is 0 Å². The fourth-order valence-corrected chi connectivity index (χ4v) is 3.22. The van der Waals surface area contributed by atoms with E-state index in [1.807, 2.05) is 19.1 Å². The van der Waals surface area contributed by atoms with Gasteiger partial charge < -0.3 is 4.74 Å². The Kier molecular flexibility index (Phi) is 6.23. The first-order valence-electron chi connectivity index (χ1n) is 9.11. The summed E-state index contributed by atoms with van der Waals surface area (Å²) < 4.78 is 18.5. The summed E-state index contributed by atoms with van der Waals surface area (Å²) in [5.41, 5.74) is 6.84. The van der Waals surface area contributed by atoms with Gasteiger partial charge in [0, 0.05) is 12.1 Å². The Morgan fingerprint density at radius 2 is 1.85 bits per heavy atom. The molecule has 26 heavy (non-hydrogen) atoms. The molecule has 0 aromatic heterocycles. The second kappa shape index (κ2) is 8.81. The number of anilines is 1. The van der Waals surface area contributed by atoms with Gasteiger partial charge >= 0.3 is 0 Å². The predicted molar refractivity (Wildman–Crippen MR) is 104 cm³/mol. The van der Waals surface area contributed by atoms with E-state index in [2.05, 4.69) is 21.5 Å². The highest BCUT2D eigenvalue weighted by Gasteiger charge is 2.14. The van der Waals surface area contributed by atoms with Crippen molar-refractivity contribution in [2.45, 2.75) is 32.7 Å². The first-order chi connectivity index (χ1) is 12.7. The van der Waals surface area contributed by atoms with Crippen molar-refractivity contribution >= 4 is 11.4 Å².